The molecular weight excluding hydrogens is 354 g/mol. The highest BCUT2D eigenvalue weighted by molar-refractivity contribution is 8.14. The lowest BCUT2D eigenvalue weighted by atomic mass is 9.72. The number of ether oxygens (including phenoxy) is 1. The van der Waals surface area contributed by atoms with E-state index in [-0.39, 0.29) is 23.9 Å². The third-order valence-electron chi connectivity index (χ3n) is 5.34. The van der Waals surface area contributed by atoms with Gasteiger partial charge in [-0.2, -0.15) is 0 Å². The zero-order chi connectivity index (χ0) is 18.3. The number of rotatable bonds is 2. The van der Waals surface area contributed by atoms with Gasteiger partial charge in [-0.25, -0.2) is 13.8 Å². The van der Waals surface area contributed by atoms with Crippen LogP contribution in [0.3, 0.4) is 0 Å². The fourth-order valence-electron chi connectivity index (χ4n) is 4.10. The third kappa shape index (κ3) is 2.91. The van der Waals surface area contributed by atoms with Crippen molar-refractivity contribution in [2.75, 3.05) is 6.61 Å². The number of amidine groups is 1. The summed E-state index contributed by atoms with van der Waals surface area (Å²) in [7, 11) is 0. The van der Waals surface area contributed by atoms with Gasteiger partial charge in [0, 0.05) is 22.8 Å². The summed E-state index contributed by atoms with van der Waals surface area (Å²) in [6, 6.07) is 13.7. The Bertz CT molecular complexity index is 845. The second kappa shape index (κ2) is 6.67. The Hall–Kier alpha value is -1.92. The molecular formula is C20H20F2N2OS. The highest BCUT2D eigenvalue weighted by Crippen LogP contribution is 2.52. The van der Waals surface area contributed by atoms with E-state index in [1.165, 1.54) is 23.9 Å². The first-order valence-electron chi connectivity index (χ1n) is 8.63. The summed E-state index contributed by atoms with van der Waals surface area (Å²) >= 11 is 1.50. The van der Waals surface area contributed by atoms with Crippen molar-refractivity contribution in [2.45, 2.75) is 30.2 Å². The van der Waals surface area contributed by atoms with E-state index in [4.69, 9.17) is 10.5 Å². The van der Waals surface area contributed by atoms with E-state index in [9.17, 15) is 8.78 Å². The Balaban J connectivity index is 1.77. The molecule has 2 heterocycles. The lowest BCUT2D eigenvalue weighted by molar-refractivity contribution is -0.0643. The van der Waals surface area contributed by atoms with Crippen molar-refractivity contribution in [3.05, 3.63) is 71.3 Å². The van der Waals surface area contributed by atoms with Crippen LogP contribution >= 0.6 is 11.8 Å². The average molecular weight is 374 g/mol. The number of halogens is 2. The van der Waals surface area contributed by atoms with E-state index >= 15 is 0 Å². The van der Waals surface area contributed by atoms with Crippen molar-refractivity contribution in [2.24, 2.45) is 16.6 Å². The summed E-state index contributed by atoms with van der Waals surface area (Å²) < 4.78 is 34.2. The first-order valence-corrected chi connectivity index (χ1v) is 9.51. The van der Waals surface area contributed by atoms with Crippen molar-refractivity contribution >= 4 is 16.9 Å². The summed E-state index contributed by atoms with van der Waals surface area (Å²) in [5.74, 6) is -1.18. The largest absolute Gasteiger partial charge is 0.379 e. The highest BCUT2D eigenvalue weighted by atomic mass is 32.2. The number of thioether (sulfide) groups is 1. The van der Waals surface area contributed by atoms with Crippen molar-refractivity contribution < 1.29 is 13.5 Å². The summed E-state index contributed by atoms with van der Waals surface area (Å²) in [5, 5.41) is 0.561. The summed E-state index contributed by atoms with van der Waals surface area (Å²) in [5.41, 5.74) is 6.57. The van der Waals surface area contributed by atoms with Crippen molar-refractivity contribution in [3.63, 3.8) is 0 Å². The number of hydrogen-bond donors (Lipinski definition) is 1. The van der Waals surface area contributed by atoms with Crippen molar-refractivity contribution in [1.82, 2.24) is 0 Å². The fourth-order valence-corrected chi connectivity index (χ4v) is 5.19. The number of benzene rings is 2. The molecule has 0 amide bonds. The number of hydrogen-bond acceptors (Lipinski definition) is 4. The van der Waals surface area contributed by atoms with Gasteiger partial charge < -0.3 is 10.5 Å². The Kier molecular flexibility index (Phi) is 4.49. The SMILES string of the molecule is C[C@H]1SC(N)=N[C@@]2(c3ccc(F)cc3F)CO[C@@H](c3ccccc3)C[C@@H]12. The molecule has 0 aromatic heterocycles. The number of nitrogens with zero attached hydrogens (tertiary/aromatic N) is 1. The van der Waals surface area contributed by atoms with E-state index < -0.39 is 17.2 Å². The molecule has 2 N–H and O–H groups in total. The minimum Gasteiger partial charge on any atom is -0.379 e. The van der Waals surface area contributed by atoms with Crippen LogP contribution in [0.1, 0.15) is 30.6 Å². The molecule has 0 unspecified atom stereocenters. The van der Waals surface area contributed by atoms with E-state index in [0.29, 0.717) is 17.2 Å². The Labute approximate surface area is 155 Å². The van der Waals surface area contributed by atoms with E-state index in [1.54, 1.807) is 0 Å². The highest BCUT2D eigenvalue weighted by Gasteiger charge is 2.52. The monoisotopic (exact) mass is 374 g/mol. The quantitative estimate of drug-likeness (QED) is 0.848. The van der Waals surface area contributed by atoms with E-state index in [0.717, 1.165) is 11.6 Å². The third-order valence-corrected chi connectivity index (χ3v) is 6.37. The molecule has 26 heavy (non-hydrogen) atoms. The molecule has 2 aromatic carbocycles. The van der Waals surface area contributed by atoms with Crippen LogP contribution < -0.4 is 5.73 Å². The summed E-state index contributed by atoms with van der Waals surface area (Å²) in [4.78, 5) is 4.64. The molecule has 2 aliphatic rings. The maximum absolute atomic E-state index is 14.7. The lowest BCUT2D eigenvalue weighted by Crippen LogP contribution is -2.51. The van der Waals surface area contributed by atoms with Gasteiger partial charge in [0.15, 0.2) is 5.17 Å². The molecule has 6 heteroatoms. The molecule has 4 rings (SSSR count). The molecule has 0 radical (unpaired) electrons. The molecule has 1 fully saturated rings. The minimum atomic E-state index is -0.919. The molecule has 4 atom stereocenters. The normalized spacial score (nSPS) is 31.2. The average Bonchev–Trinajstić information content (AvgIpc) is 2.62. The first kappa shape index (κ1) is 17.5. The molecule has 136 valence electrons. The lowest BCUT2D eigenvalue weighted by Gasteiger charge is -2.49. The van der Waals surface area contributed by atoms with Gasteiger partial charge in [-0.15, -0.1) is 0 Å². The first-order chi connectivity index (χ1) is 12.5. The number of aliphatic imine (C=N–C) groups is 1. The topological polar surface area (TPSA) is 47.6 Å². The van der Waals surface area contributed by atoms with Crippen LogP contribution in [0.25, 0.3) is 0 Å². The molecule has 2 aliphatic heterocycles. The Morgan fingerprint density at radius 3 is 2.69 bits per heavy atom. The summed E-state index contributed by atoms with van der Waals surface area (Å²) in [6.07, 6.45) is 0.626. The van der Waals surface area contributed by atoms with Gasteiger partial charge in [-0.1, -0.05) is 55.1 Å². The molecule has 1 saturated heterocycles. The molecule has 0 bridgehead atoms. The second-order valence-corrected chi connectivity index (χ2v) is 8.27. The summed E-state index contributed by atoms with van der Waals surface area (Å²) in [6.45, 7) is 2.30. The maximum atomic E-state index is 14.7. The van der Waals surface area contributed by atoms with Crippen LogP contribution in [-0.4, -0.2) is 17.0 Å². The zero-order valence-corrected chi connectivity index (χ0v) is 15.2. The maximum Gasteiger partial charge on any atom is 0.155 e. The minimum absolute atomic E-state index is 0.0266. The van der Waals surface area contributed by atoms with Crippen LogP contribution in [0.15, 0.2) is 53.5 Å². The van der Waals surface area contributed by atoms with Gasteiger partial charge in [-0.05, 0) is 18.1 Å². The predicted molar refractivity (Wildman–Crippen MR) is 100.0 cm³/mol. The van der Waals surface area contributed by atoms with Gasteiger partial charge >= 0.3 is 0 Å². The van der Waals surface area contributed by atoms with Crippen molar-refractivity contribution in [1.29, 1.82) is 0 Å². The molecule has 2 aromatic rings. The predicted octanol–water partition coefficient (Wildman–Crippen LogP) is 4.39. The number of nitrogens with two attached hydrogens (primary N) is 1. The van der Waals surface area contributed by atoms with Gasteiger partial charge in [0.05, 0.1) is 12.7 Å². The van der Waals surface area contributed by atoms with Crippen LogP contribution in [-0.2, 0) is 10.3 Å². The van der Waals surface area contributed by atoms with Crippen molar-refractivity contribution in [3.8, 4) is 0 Å². The zero-order valence-electron chi connectivity index (χ0n) is 14.4. The van der Waals surface area contributed by atoms with Gasteiger partial charge in [-0.3, -0.25) is 0 Å². The fraction of sp³-hybridized carbons (Fsp3) is 0.350. The van der Waals surface area contributed by atoms with Gasteiger partial charge in [0.25, 0.3) is 0 Å². The van der Waals surface area contributed by atoms with Crippen LogP contribution in [0.5, 0.6) is 0 Å². The van der Waals surface area contributed by atoms with Crippen LogP contribution in [0, 0.1) is 17.6 Å². The molecule has 0 spiro atoms. The molecule has 0 aliphatic carbocycles. The standard InChI is InChI=1S/C20H20F2N2OS/c1-12-16-10-18(13-5-3-2-4-6-13)25-11-20(16,24-19(23)26-12)15-8-7-14(21)9-17(15)22/h2-9,12,16,18H,10-11H2,1H3,(H2,23,24)/t12-,16+,18-,20-/m1/s1. The Morgan fingerprint density at radius 2 is 1.96 bits per heavy atom. The van der Waals surface area contributed by atoms with E-state index in [1.807, 2.05) is 30.3 Å². The van der Waals surface area contributed by atoms with Crippen LogP contribution in [0.2, 0.25) is 0 Å². The second-order valence-electron chi connectivity index (χ2n) is 6.87. The molecule has 0 saturated carbocycles. The smallest absolute Gasteiger partial charge is 0.155 e. The van der Waals surface area contributed by atoms with Gasteiger partial charge in [0.2, 0.25) is 0 Å². The van der Waals surface area contributed by atoms with E-state index in [2.05, 4.69) is 11.9 Å². The van der Waals surface area contributed by atoms with Gasteiger partial charge in [0.1, 0.15) is 17.2 Å². The number of fused-ring (bicyclic) bond motifs is 1. The van der Waals surface area contributed by atoms with Crippen LogP contribution in [0.4, 0.5) is 8.78 Å². The Morgan fingerprint density at radius 1 is 1.19 bits per heavy atom. The molecule has 3 nitrogen and oxygen atoms in total.